The molecule has 0 aromatic rings. The van der Waals surface area contributed by atoms with Gasteiger partial charge in [0.15, 0.2) is 0 Å². The molecule has 9 heteroatoms. The molecule has 0 heterocycles. The van der Waals surface area contributed by atoms with E-state index in [-0.39, 0.29) is 19.1 Å². The number of nitrogens with zero attached hydrogens (tertiary/aromatic N) is 1. The van der Waals surface area contributed by atoms with Gasteiger partial charge in [0.2, 0.25) is 5.91 Å². The van der Waals surface area contributed by atoms with Gasteiger partial charge in [0, 0.05) is 6.42 Å². The average Bonchev–Trinajstić information content (AvgIpc) is 3.09. The van der Waals surface area contributed by atoms with Gasteiger partial charge in [0.05, 0.1) is 39.9 Å². The zero-order valence-corrected chi connectivity index (χ0v) is 36.2. The lowest BCUT2D eigenvalue weighted by Gasteiger charge is -2.30. The van der Waals surface area contributed by atoms with Gasteiger partial charge in [-0.15, -0.1) is 0 Å². The van der Waals surface area contributed by atoms with Crippen molar-refractivity contribution in [1.29, 1.82) is 0 Å². The molecule has 0 aliphatic rings. The number of aliphatic hydroxyl groups is 1. The van der Waals surface area contributed by atoms with Crippen molar-refractivity contribution in [2.75, 3.05) is 40.9 Å². The van der Waals surface area contributed by atoms with Crippen LogP contribution in [0.5, 0.6) is 0 Å². The molecule has 0 aromatic heterocycles. The van der Waals surface area contributed by atoms with E-state index < -0.39 is 20.0 Å². The highest BCUT2D eigenvalue weighted by molar-refractivity contribution is 7.45. The highest BCUT2D eigenvalue weighted by Crippen LogP contribution is 2.38. The van der Waals surface area contributed by atoms with Crippen LogP contribution in [0.2, 0.25) is 0 Å². The maximum atomic E-state index is 12.9. The van der Waals surface area contributed by atoms with E-state index in [9.17, 15) is 19.4 Å². The number of hydrogen-bond acceptors (Lipinski definition) is 6. The zero-order chi connectivity index (χ0) is 38.6. The molecule has 0 aliphatic carbocycles. The summed E-state index contributed by atoms with van der Waals surface area (Å²) in [5.74, 6) is -0.161. The first-order chi connectivity index (χ1) is 25.0. The highest BCUT2D eigenvalue weighted by Gasteiger charge is 2.24. The number of aliphatic hydroxyl groups excluding tert-OH is 1. The lowest BCUT2D eigenvalue weighted by molar-refractivity contribution is -0.870. The molecule has 312 valence electrons. The van der Waals surface area contributed by atoms with E-state index >= 15 is 0 Å². The second kappa shape index (κ2) is 36.2. The molecule has 0 radical (unpaired) electrons. The van der Waals surface area contributed by atoms with Crippen molar-refractivity contribution in [3.63, 3.8) is 0 Å². The van der Waals surface area contributed by atoms with Crippen LogP contribution < -0.4 is 10.2 Å². The minimum absolute atomic E-state index is 0.0160. The summed E-state index contributed by atoms with van der Waals surface area (Å²) in [4.78, 5) is 25.3. The van der Waals surface area contributed by atoms with E-state index in [4.69, 9.17) is 9.05 Å². The van der Waals surface area contributed by atoms with Gasteiger partial charge in [-0.1, -0.05) is 200 Å². The smallest absolute Gasteiger partial charge is 0.268 e. The van der Waals surface area contributed by atoms with Crippen molar-refractivity contribution in [3.05, 3.63) is 0 Å². The molecule has 0 saturated heterocycles. The summed E-state index contributed by atoms with van der Waals surface area (Å²) in [5, 5.41) is 13.9. The topological polar surface area (TPSA) is 108 Å². The van der Waals surface area contributed by atoms with Crippen LogP contribution in [0.3, 0.4) is 0 Å². The molecule has 8 nitrogen and oxygen atoms in total. The van der Waals surface area contributed by atoms with Gasteiger partial charge in [-0.2, -0.15) is 0 Å². The Labute approximate surface area is 323 Å². The fourth-order valence-corrected chi connectivity index (χ4v) is 7.47. The summed E-state index contributed by atoms with van der Waals surface area (Å²) >= 11 is 0. The van der Waals surface area contributed by atoms with Crippen molar-refractivity contribution < 1.29 is 32.9 Å². The molecule has 0 fully saturated rings. The number of likely N-dealkylation sites (N-methyl/N-ethyl adjacent to an activating group) is 1. The Bertz CT molecular complexity index is 824. The summed E-state index contributed by atoms with van der Waals surface area (Å²) < 4.78 is 23.2. The number of carbonyl (C=O) groups is 1. The van der Waals surface area contributed by atoms with Crippen LogP contribution in [0.25, 0.3) is 0 Å². The number of unbranched alkanes of at least 4 members (excludes halogenated alkanes) is 28. The van der Waals surface area contributed by atoms with E-state index in [2.05, 4.69) is 19.2 Å². The molecule has 2 N–H and O–H groups in total. The number of hydrogen-bond donors (Lipinski definition) is 2. The summed E-state index contributed by atoms with van der Waals surface area (Å²) in [7, 11) is 1.32. The Kier molecular flexibility index (Phi) is 35.8. The number of amides is 1. The third kappa shape index (κ3) is 37.8. The summed E-state index contributed by atoms with van der Waals surface area (Å²) in [6.45, 7) is 4.73. The van der Waals surface area contributed by atoms with Crippen LogP contribution in [-0.4, -0.2) is 68.5 Å². The van der Waals surface area contributed by atoms with Gasteiger partial charge in [-0.25, -0.2) is 0 Å². The standard InChI is InChI=1S/C43H89N2O6P/c1-6-8-10-12-14-16-18-20-21-22-23-25-27-29-31-33-35-37-43(47)44-41(40-51-52(48,49)50-39-38-45(3,4)5)42(46)36-34-32-30-28-26-24-19-17-15-13-11-9-7-2/h41-42,46H,6-40H2,1-5H3,(H-,44,47,48,49)/t41-,42+/m0/s1. The van der Waals surface area contributed by atoms with Crippen LogP contribution in [0, 0.1) is 0 Å². The van der Waals surface area contributed by atoms with Crippen molar-refractivity contribution in [2.24, 2.45) is 0 Å². The fraction of sp³-hybridized carbons (Fsp3) is 0.977. The highest BCUT2D eigenvalue weighted by atomic mass is 31.2. The third-order valence-electron chi connectivity index (χ3n) is 10.3. The maximum Gasteiger partial charge on any atom is 0.268 e. The Balaban J connectivity index is 4.31. The van der Waals surface area contributed by atoms with Crippen molar-refractivity contribution in [3.8, 4) is 0 Å². The number of quaternary nitrogens is 1. The van der Waals surface area contributed by atoms with Gasteiger partial charge in [-0.05, 0) is 12.8 Å². The van der Waals surface area contributed by atoms with Gasteiger partial charge < -0.3 is 28.8 Å². The largest absolute Gasteiger partial charge is 0.756 e. The maximum absolute atomic E-state index is 12.9. The lowest BCUT2D eigenvalue weighted by atomic mass is 10.0. The molecule has 0 rings (SSSR count). The van der Waals surface area contributed by atoms with Crippen LogP contribution >= 0.6 is 7.82 Å². The Morgan fingerprint density at radius 1 is 0.596 bits per heavy atom. The summed E-state index contributed by atoms with van der Waals surface area (Å²) in [6.07, 6.45) is 38.1. The Hall–Kier alpha value is -0.500. The Morgan fingerprint density at radius 3 is 1.31 bits per heavy atom. The molecule has 1 unspecified atom stereocenters. The third-order valence-corrected chi connectivity index (χ3v) is 11.3. The van der Waals surface area contributed by atoms with Crippen molar-refractivity contribution >= 4 is 13.7 Å². The SMILES string of the molecule is CCCCCCCCCCCCCCCCCCCC(=O)N[C@@H](COP(=O)([O-])OCC[N+](C)(C)C)[C@H](O)CCCCCCCCCCCCCCC. The van der Waals surface area contributed by atoms with Gasteiger partial charge >= 0.3 is 0 Å². The van der Waals surface area contributed by atoms with E-state index in [0.29, 0.717) is 23.9 Å². The number of nitrogens with one attached hydrogen (secondary N) is 1. The summed E-state index contributed by atoms with van der Waals surface area (Å²) in [5.41, 5.74) is 0. The first kappa shape index (κ1) is 51.5. The van der Waals surface area contributed by atoms with Crippen LogP contribution in [0.4, 0.5) is 0 Å². The number of phosphoric acid groups is 1. The molecular weight excluding hydrogens is 671 g/mol. The fourth-order valence-electron chi connectivity index (χ4n) is 6.75. The first-order valence-corrected chi connectivity index (χ1v) is 23.8. The molecule has 0 saturated carbocycles. The molecule has 1 amide bonds. The quantitative estimate of drug-likeness (QED) is 0.0365. The van der Waals surface area contributed by atoms with Crippen LogP contribution in [0.1, 0.15) is 219 Å². The molecular formula is C43H89N2O6P. The van der Waals surface area contributed by atoms with E-state index in [0.717, 1.165) is 38.5 Å². The average molecular weight is 761 g/mol. The van der Waals surface area contributed by atoms with E-state index in [1.54, 1.807) is 0 Å². The predicted octanol–water partition coefficient (Wildman–Crippen LogP) is 11.6. The van der Waals surface area contributed by atoms with Crippen LogP contribution in [-0.2, 0) is 18.4 Å². The van der Waals surface area contributed by atoms with Crippen LogP contribution in [0.15, 0.2) is 0 Å². The molecule has 0 aromatic carbocycles. The monoisotopic (exact) mass is 761 g/mol. The molecule has 3 atom stereocenters. The van der Waals surface area contributed by atoms with Crippen molar-refractivity contribution in [1.82, 2.24) is 5.32 Å². The summed E-state index contributed by atoms with van der Waals surface area (Å²) in [6, 6.07) is -0.792. The molecule has 52 heavy (non-hydrogen) atoms. The van der Waals surface area contributed by atoms with Crippen molar-refractivity contribution in [2.45, 2.75) is 231 Å². The Morgan fingerprint density at radius 2 is 0.942 bits per heavy atom. The van der Waals surface area contributed by atoms with Gasteiger partial charge in [0.1, 0.15) is 13.2 Å². The molecule has 0 bridgehead atoms. The minimum Gasteiger partial charge on any atom is -0.756 e. The first-order valence-electron chi connectivity index (χ1n) is 22.4. The lowest BCUT2D eigenvalue weighted by Crippen LogP contribution is -2.46. The van der Waals surface area contributed by atoms with Gasteiger partial charge in [0.25, 0.3) is 7.82 Å². The second-order valence-corrected chi connectivity index (χ2v) is 18.2. The minimum atomic E-state index is -4.55. The normalized spacial score (nSPS) is 14.4. The zero-order valence-electron chi connectivity index (χ0n) is 35.3. The second-order valence-electron chi connectivity index (χ2n) is 16.8. The van der Waals surface area contributed by atoms with Gasteiger partial charge in [-0.3, -0.25) is 9.36 Å². The van der Waals surface area contributed by atoms with E-state index in [1.807, 2.05) is 21.1 Å². The number of carbonyl (C=O) groups excluding carboxylic acids is 1. The van der Waals surface area contributed by atoms with E-state index in [1.165, 1.54) is 154 Å². The number of rotatable bonds is 41. The number of phosphoric ester groups is 1. The molecule has 0 spiro atoms. The molecule has 0 aliphatic heterocycles. The predicted molar refractivity (Wildman–Crippen MR) is 219 cm³/mol.